The maximum atomic E-state index is 5.83. The predicted octanol–water partition coefficient (Wildman–Crippen LogP) is 3.42. The van der Waals surface area contributed by atoms with Crippen LogP contribution in [0.2, 0.25) is 0 Å². The zero-order chi connectivity index (χ0) is 14.2. The second kappa shape index (κ2) is 7.58. The van der Waals surface area contributed by atoms with Gasteiger partial charge in [0.1, 0.15) is 17.9 Å². The molecule has 2 rings (SSSR count). The Morgan fingerprint density at radius 2 is 2.10 bits per heavy atom. The van der Waals surface area contributed by atoms with Crippen LogP contribution in [0.15, 0.2) is 39.7 Å². The van der Waals surface area contributed by atoms with Gasteiger partial charge in [0.2, 0.25) is 0 Å². The van der Waals surface area contributed by atoms with Gasteiger partial charge in [-0.3, -0.25) is 0 Å². The van der Waals surface area contributed by atoms with Crippen molar-refractivity contribution in [2.45, 2.75) is 39.2 Å². The summed E-state index contributed by atoms with van der Waals surface area (Å²) in [5, 5.41) is 4.23. The van der Waals surface area contributed by atoms with E-state index < -0.39 is 0 Å². The molecule has 2 aromatic rings. The van der Waals surface area contributed by atoms with Gasteiger partial charge in [-0.05, 0) is 18.6 Å². The third kappa shape index (κ3) is 4.30. The number of rotatable bonds is 7. The van der Waals surface area contributed by atoms with Gasteiger partial charge in [0.05, 0.1) is 0 Å². The number of nitrogens with one attached hydrogen (secondary N) is 1. The molecule has 0 fully saturated rings. The molecule has 0 radical (unpaired) electrons. The van der Waals surface area contributed by atoms with E-state index in [0.29, 0.717) is 12.5 Å². The number of para-hydroxylation sites is 1. The van der Waals surface area contributed by atoms with E-state index in [-0.39, 0.29) is 0 Å². The minimum Gasteiger partial charge on any atom is -0.459 e. The van der Waals surface area contributed by atoms with Gasteiger partial charge in [-0.2, -0.15) is 0 Å². The number of nitrogens with two attached hydrogens (primary N) is 1. The number of hydrogen-bond donors (Lipinski definition) is 2. The number of unbranched alkanes of at least 4 members (excludes halogenated alkanes) is 3. The van der Waals surface area contributed by atoms with E-state index in [4.69, 9.17) is 10.2 Å². The molecule has 1 aromatic carbocycles. The van der Waals surface area contributed by atoms with Crippen LogP contribution < -0.4 is 11.1 Å². The number of benzene rings is 1. The molecule has 0 saturated heterocycles. The molecule has 0 aliphatic rings. The van der Waals surface area contributed by atoms with Crippen molar-refractivity contribution < 1.29 is 4.42 Å². The summed E-state index contributed by atoms with van der Waals surface area (Å²) in [5.41, 5.74) is 6.72. The average Bonchev–Trinajstić information content (AvgIpc) is 2.88. The summed E-state index contributed by atoms with van der Waals surface area (Å²) in [6.45, 7) is 3.56. The molecule has 0 bridgehead atoms. The Bertz CT molecular complexity index is 527. The fourth-order valence-corrected chi connectivity index (χ4v) is 2.10. The Morgan fingerprint density at radius 3 is 2.90 bits per heavy atom. The number of nitrogens with zero attached hydrogens (tertiary/aromatic N) is 1. The summed E-state index contributed by atoms with van der Waals surface area (Å²) < 4.78 is 5.69. The number of aliphatic imine (C=N–C) groups is 1. The largest absolute Gasteiger partial charge is 0.459 e. The Balaban J connectivity index is 1.79. The molecule has 108 valence electrons. The number of fused-ring (bicyclic) bond motifs is 1. The average molecular weight is 273 g/mol. The van der Waals surface area contributed by atoms with Gasteiger partial charge in [0.25, 0.3) is 0 Å². The van der Waals surface area contributed by atoms with Crippen molar-refractivity contribution in [1.29, 1.82) is 0 Å². The van der Waals surface area contributed by atoms with Gasteiger partial charge in [0, 0.05) is 11.9 Å². The van der Waals surface area contributed by atoms with Crippen molar-refractivity contribution in [1.82, 2.24) is 5.32 Å². The first-order valence-corrected chi connectivity index (χ1v) is 7.31. The van der Waals surface area contributed by atoms with Crippen LogP contribution >= 0.6 is 0 Å². The summed E-state index contributed by atoms with van der Waals surface area (Å²) in [4.78, 5) is 4.30. The lowest BCUT2D eigenvalue weighted by Gasteiger charge is -2.04. The second-order valence-corrected chi connectivity index (χ2v) is 4.94. The van der Waals surface area contributed by atoms with Crippen LogP contribution in [0.4, 0.5) is 0 Å². The molecule has 1 aromatic heterocycles. The molecule has 20 heavy (non-hydrogen) atoms. The van der Waals surface area contributed by atoms with E-state index in [9.17, 15) is 0 Å². The zero-order valence-electron chi connectivity index (χ0n) is 12.1. The normalized spacial score (nSPS) is 11.9. The Morgan fingerprint density at radius 1 is 1.25 bits per heavy atom. The van der Waals surface area contributed by atoms with Gasteiger partial charge < -0.3 is 15.5 Å². The summed E-state index contributed by atoms with van der Waals surface area (Å²) in [7, 11) is 0. The van der Waals surface area contributed by atoms with Crippen LogP contribution in [-0.4, -0.2) is 12.5 Å². The molecule has 0 spiro atoms. The fourth-order valence-electron chi connectivity index (χ4n) is 2.10. The van der Waals surface area contributed by atoms with E-state index >= 15 is 0 Å². The molecule has 0 aliphatic heterocycles. The van der Waals surface area contributed by atoms with E-state index in [2.05, 4.69) is 17.2 Å². The third-order valence-corrected chi connectivity index (χ3v) is 3.22. The standard InChI is InChI=1S/C16H23N3O/c1-2-3-4-7-10-18-16(17)19-12-14-11-13-8-5-6-9-15(13)20-14/h5-6,8-9,11H,2-4,7,10,12H2,1H3,(H3,17,18,19). The molecule has 4 heteroatoms. The lowest BCUT2D eigenvalue weighted by molar-refractivity contribution is 0.552. The van der Waals surface area contributed by atoms with Crippen molar-refractivity contribution in [3.8, 4) is 0 Å². The van der Waals surface area contributed by atoms with Crippen molar-refractivity contribution in [2.24, 2.45) is 10.7 Å². The Labute approximate surface area is 120 Å². The third-order valence-electron chi connectivity index (χ3n) is 3.22. The van der Waals surface area contributed by atoms with Crippen LogP contribution in [0.25, 0.3) is 11.0 Å². The molecular formula is C16H23N3O. The van der Waals surface area contributed by atoms with Crippen LogP contribution in [0, 0.1) is 0 Å². The van der Waals surface area contributed by atoms with Gasteiger partial charge >= 0.3 is 0 Å². The fraction of sp³-hybridized carbons (Fsp3) is 0.438. The number of furan rings is 1. The SMILES string of the molecule is CCCCCCNC(N)=NCc1cc2ccccc2o1. The van der Waals surface area contributed by atoms with Crippen LogP contribution in [0.3, 0.4) is 0 Å². The lowest BCUT2D eigenvalue weighted by Crippen LogP contribution is -2.32. The van der Waals surface area contributed by atoms with Crippen LogP contribution in [0.1, 0.15) is 38.4 Å². The topological polar surface area (TPSA) is 63.5 Å². The molecule has 1 heterocycles. The predicted molar refractivity (Wildman–Crippen MR) is 83.7 cm³/mol. The summed E-state index contributed by atoms with van der Waals surface area (Å²) in [6, 6.07) is 9.95. The van der Waals surface area contributed by atoms with E-state index in [1.807, 2.05) is 30.3 Å². The maximum Gasteiger partial charge on any atom is 0.189 e. The highest BCUT2D eigenvalue weighted by atomic mass is 16.3. The molecule has 0 aliphatic carbocycles. The van der Waals surface area contributed by atoms with Crippen molar-refractivity contribution in [3.63, 3.8) is 0 Å². The minimum atomic E-state index is 0.475. The van der Waals surface area contributed by atoms with E-state index in [1.165, 1.54) is 19.3 Å². The summed E-state index contributed by atoms with van der Waals surface area (Å²) >= 11 is 0. The first-order valence-electron chi connectivity index (χ1n) is 7.31. The summed E-state index contributed by atoms with van der Waals surface area (Å²) in [5.74, 6) is 1.32. The lowest BCUT2D eigenvalue weighted by atomic mass is 10.2. The highest BCUT2D eigenvalue weighted by molar-refractivity contribution is 5.79. The maximum absolute atomic E-state index is 5.83. The zero-order valence-corrected chi connectivity index (χ0v) is 12.1. The van der Waals surface area contributed by atoms with E-state index in [0.717, 1.165) is 29.7 Å². The Hall–Kier alpha value is -1.97. The molecule has 0 amide bonds. The quantitative estimate of drug-likeness (QED) is 0.461. The minimum absolute atomic E-state index is 0.475. The molecule has 3 N–H and O–H groups in total. The number of guanidine groups is 1. The van der Waals surface area contributed by atoms with E-state index in [1.54, 1.807) is 0 Å². The first-order chi connectivity index (χ1) is 9.79. The highest BCUT2D eigenvalue weighted by Gasteiger charge is 2.02. The van der Waals surface area contributed by atoms with Crippen molar-refractivity contribution >= 4 is 16.9 Å². The molecule has 0 saturated carbocycles. The Kier molecular flexibility index (Phi) is 5.47. The van der Waals surface area contributed by atoms with Gasteiger partial charge in [-0.1, -0.05) is 44.4 Å². The monoisotopic (exact) mass is 273 g/mol. The molecular weight excluding hydrogens is 250 g/mol. The second-order valence-electron chi connectivity index (χ2n) is 4.94. The van der Waals surface area contributed by atoms with Crippen LogP contribution in [-0.2, 0) is 6.54 Å². The first kappa shape index (κ1) is 14.4. The van der Waals surface area contributed by atoms with Crippen molar-refractivity contribution in [3.05, 3.63) is 36.1 Å². The van der Waals surface area contributed by atoms with Crippen LogP contribution in [0.5, 0.6) is 0 Å². The van der Waals surface area contributed by atoms with Gasteiger partial charge in [-0.15, -0.1) is 0 Å². The highest BCUT2D eigenvalue weighted by Crippen LogP contribution is 2.19. The molecule has 4 nitrogen and oxygen atoms in total. The smallest absolute Gasteiger partial charge is 0.189 e. The molecule has 0 unspecified atom stereocenters. The summed E-state index contributed by atoms with van der Waals surface area (Å²) in [6.07, 6.45) is 4.89. The van der Waals surface area contributed by atoms with Gasteiger partial charge in [-0.25, -0.2) is 4.99 Å². The van der Waals surface area contributed by atoms with Gasteiger partial charge in [0.15, 0.2) is 5.96 Å². The number of hydrogen-bond acceptors (Lipinski definition) is 2. The molecule has 0 atom stereocenters. The van der Waals surface area contributed by atoms with Crippen molar-refractivity contribution in [2.75, 3.05) is 6.54 Å².